The van der Waals surface area contributed by atoms with Gasteiger partial charge in [-0.2, -0.15) is 0 Å². The Morgan fingerprint density at radius 2 is 2.04 bits per heavy atom. The van der Waals surface area contributed by atoms with E-state index in [-0.39, 0.29) is 30.1 Å². The van der Waals surface area contributed by atoms with E-state index < -0.39 is 5.97 Å². The van der Waals surface area contributed by atoms with Gasteiger partial charge in [-0.15, -0.1) is 11.3 Å². The van der Waals surface area contributed by atoms with E-state index in [1.807, 2.05) is 13.8 Å². The molecule has 0 saturated carbocycles. The third-order valence-corrected chi connectivity index (χ3v) is 4.05. The second-order valence-corrected chi connectivity index (χ2v) is 5.86. The molecule has 2 rings (SSSR count). The number of nitrogens with one attached hydrogen (secondary N) is 1. The molecule has 0 aliphatic heterocycles. The fourth-order valence-electron chi connectivity index (χ4n) is 1.72. The van der Waals surface area contributed by atoms with Crippen LogP contribution in [0, 0.1) is 5.82 Å². The van der Waals surface area contributed by atoms with Crippen molar-refractivity contribution in [1.29, 1.82) is 0 Å². The topological polar surface area (TPSA) is 68.3 Å². The maximum Gasteiger partial charge on any atom is 0.358 e. The van der Waals surface area contributed by atoms with Crippen LogP contribution in [0.2, 0.25) is 0 Å². The van der Waals surface area contributed by atoms with Crippen molar-refractivity contribution >= 4 is 23.2 Å². The number of carbonyl (C=O) groups is 2. The quantitative estimate of drug-likeness (QED) is 0.823. The molecule has 1 atom stereocenters. The first-order valence-corrected chi connectivity index (χ1v) is 8.05. The molecule has 1 amide bonds. The Morgan fingerprint density at radius 1 is 1.35 bits per heavy atom. The molecule has 122 valence electrons. The number of thiazole rings is 1. The molecule has 1 heterocycles. The Bertz CT molecular complexity index is 685. The van der Waals surface area contributed by atoms with Crippen LogP contribution >= 0.6 is 11.3 Å². The number of carbonyl (C=O) groups excluding carboxylic acids is 2. The molecule has 5 nitrogen and oxygen atoms in total. The van der Waals surface area contributed by atoms with Gasteiger partial charge in [0.15, 0.2) is 12.3 Å². The van der Waals surface area contributed by atoms with Gasteiger partial charge in [-0.1, -0.05) is 6.92 Å². The van der Waals surface area contributed by atoms with Gasteiger partial charge in [0, 0.05) is 17.0 Å². The number of ether oxygens (including phenoxy) is 1. The molecule has 0 saturated heterocycles. The summed E-state index contributed by atoms with van der Waals surface area (Å²) in [5, 5.41) is 4.84. The van der Waals surface area contributed by atoms with E-state index in [9.17, 15) is 14.0 Å². The molecule has 0 fully saturated rings. The van der Waals surface area contributed by atoms with Crippen molar-refractivity contribution in [2.45, 2.75) is 26.3 Å². The lowest BCUT2D eigenvalue weighted by Gasteiger charge is -2.10. The molecule has 0 aliphatic carbocycles. The van der Waals surface area contributed by atoms with Crippen molar-refractivity contribution < 1.29 is 18.7 Å². The van der Waals surface area contributed by atoms with Crippen molar-refractivity contribution in [3.8, 4) is 10.6 Å². The van der Waals surface area contributed by atoms with E-state index in [1.54, 1.807) is 17.5 Å². The Balaban J connectivity index is 1.93. The third-order valence-electron chi connectivity index (χ3n) is 3.16. The monoisotopic (exact) mass is 336 g/mol. The van der Waals surface area contributed by atoms with Crippen LogP contribution in [0.4, 0.5) is 4.39 Å². The molecule has 0 spiro atoms. The smallest absolute Gasteiger partial charge is 0.358 e. The molecule has 1 aromatic heterocycles. The summed E-state index contributed by atoms with van der Waals surface area (Å²) in [4.78, 5) is 27.6. The van der Waals surface area contributed by atoms with Gasteiger partial charge in [-0.05, 0) is 37.6 Å². The summed E-state index contributed by atoms with van der Waals surface area (Å²) in [5.74, 6) is -1.34. The van der Waals surface area contributed by atoms with Crippen LogP contribution in [0.5, 0.6) is 0 Å². The SMILES string of the molecule is CC[C@H](C)NC(=O)COC(=O)c1csc(-c2ccc(F)cc2)n1. The highest BCUT2D eigenvalue weighted by molar-refractivity contribution is 7.13. The minimum Gasteiger partial charge on any atom is -0.451 e. The summed E-state index contributed by atoms with van der Waals surface area (Å²) in [5.41, 5.74) is 0.843. The molecule has 0 radical (unpaired) electrons. The second-order valence-electron chi connectivity index (χ2n) is 5.00. The highest BCUT2D eigenvalue weighted by Crippen LogP contribution is 2.24. The van der Waals surface area contributed by atoms with E-state index in [2.05, 4.69) is 10.3 Å². The van der Waals surface area contributed by atoms with Crippen LogP contribution in [0.3, 0.4) is 0 Å². The molecule has 1 N–H and O–H groups in total. The summed E-state index contributed by atoms with van der Waals surface area (Å²) in [6, 6.07) is 5.86. The second kappa shape index (κ2) is 7.82. The van der Waals surface area contributed by atoms with E-state index in [4.69, 9.17) is 4.74 Å². The van der Waals surface area contributed by atoms with Crippen LogP contribution < -0.4 is 5.32 Å². The average molecular weight is 336 g/mol. The molecular weight excluding hydrogens is 319 g/mol. The van der Waals surface area contributed by atoms with Gasteiger partial charge in [-0.25, -0.2) is 14.2 Å². The van der Waals surface area contributed by atoms with Crippen molar-refractivity contribution in [3.63, 3.8) is 0 Å². The van der Waals surface area contributed by atoms with Crippen molar-refractivity contribution in [1.82, 2.24) is 10.3 Å². The lowest BCUT2D eigenvalue weighted by atomic mass is 10.2. The largest absolute Gasteiger partial charge is 0.451 e. The number of hydrogen-bond donors (Lipinski definition) is 1. The fraction of sp³-hybridized carbons (Fsp3) is 0.312. The van der Waals surface area contributed by atoms with Crippen LogP contribution in [0.15, 0.2) is 29.6 Å². The zero-order valence-corrected chi connectivity index (χ0v) is 13.7. The van der Waals surface area contributed by atoms with Gasteiger partial charge in [0.05, 0.1) is 0 Å². The molecule has 23 heavy (non-hydrogen) atoms. The number of esters is 1. The van der Waals surface area contributed by atoms with Crippen LogP contribution in [0.1, 0.15) is 30.8 Å². The van der Waals surface area contributed by atoms with Gasteiger partial charge >= 0.3 is 5.97 Å². The summed E-state index contributed by atoms with van der Waals surface area (Å²) in [6.07, 6.45) is 0.798. The highest BCUT2D eigenvalue weighted by atomic mass is 32.1. The number of amides is 1. The zero-order chi connectivity index (χ0) is 16.8. The summed E-state index contributed by atoms with van der Waals surface area (Å²) >= 11 is 1.25. The van der Waals surface area contributed by atoms with Gasteiger partial charge in [0.2, 0.25) is 0 Å². The number of halogens is 1. The van der Waals surface area contributed by atoms with Crippen LogP contribution in [0.25, 0.3) is 10.6 Å². The minimum atomic E-state index is -0.658. The van der Waals surface area contributed by atoms with Gasteiger partial charge in [0.1, 0.15) is 10.8 Å². The third kappa shape index (κ3) is 4.85. The molecule has 1 aromatic carbocycles. The first kappa shape index (κ1) is 17.1. The lowest BCUT2D eigenvalue weighted by molar-refractivity contribution is -0.124. The van der Waals surface area contributed by atoms with Crippen molar-refractivity contribution in [2.75, 3.05) is 6.61 Å². The number of hydrogen-bond acceptors (Lipinski definition) is 5. The molecule has 0 unspecified atom stereocenters. The number of aromatic nitrogens is 1. The summed E-state index contributed by atoms with van der Waals surface area (Å²) in [6.45, 7) is 3.48. The predicted octanol–water partition coefficient (Wildman–Crippen LogP) is 3.02. The minimum absolute atomic E-state index is 0.0329. The summed E-state index contributed by atoms with van der Waals surface area (Å²) < 4.78 is 17.8. The number of rotatable bonds is 6. The Hall–Kier alpha value is -2.28. The Morgan fingerprint density at radius 3 is 2.70 bits per heavy atom. The molecule has 2 aromatic rings. The van der Waals surface area contributed by atoms with E-state index >= 15 is 0 Å². The maximum absolute atomic E-state index is 12.9. The van der Waals surface area contributed by atoms with E-state index in [1.165, 1.54) is 23.5 Å². The van der Waals surface area contributed by atoms with Crippen LogP contribution in [-0.4, -0.2) is 29.5 Å². The van der Waals surface area contributed by atoms with E-state index in [0.29, 0.717) is 10.6 Å². The van der Waals surface area contributed by atoms with E-state index in [0.717, 1.165) is 6.42 Å². The van der Waals surface area contributed by atoms with Gasteiger partial charge in [0.25, 0.3) is 5.91 Å². The van der Waals surface area contributed by atoms with Crippen molar-refractivity contribution in [2.24, 2.45) is 0 Å². The van der Waals surface area contributed by atoms with Crippen molar-refractivity contribution in [3.05, 3.63) is 41.2 Å². The normalized spacial score (nSPS) is 11.8. The lowest BCUT2D eigenvalue weighted by Crippen LogP contribution is -2.35. The van der Waals surface area contributed by atoms with Gasteiger partial charge < -0.3 is 10.1 Å². The Labute approximate surface area is 137 Å². The molecule has 0 bridgehead atoms. The Kier molecular flexibility index (Phi) is 5.81. The zero-order valence-electron chi connectivity index (χ0n) is 12.8. The summed E-state index contributed by atoms with van der Waals surface area (Å²) in [7, 11) is 0. The first-order valence-electron chi connectivity index (χ1n) is 7.17. The average Bonchev–Trinajstić information content (AvgIpc) is 3.03. The molecule has 0 aliphatic rings. The molecule has 7 heteroatoms. The van der Waals surface area contributed by atoms with Gasteiger partial charge in [-0.3, -0.25) is 4.79 Å². The first-order chi connectivity index (χ1) is 11.0. The molecular formula is C16H17FN2O3S. The van der Waals surface area contributed by atoms with Crippen LogP contribution in [-0.2, 0) is 9.53 Å². The highest BCUT2D eigenvalue weighted by Gasteiger charge is 2.15. The standard InChI is InChI=1S/C16H17FN2O3S/c1-3-10(2)18-14(20)8-22-16(21)13-9-23-15(19-13)11-4-6-12(17)7-5-11/h4-7,9-10H,3,8H2,1-2H3,(H,18,20)/t10-/m0/s1. The fourth-order valence-corrected chi connectivity index (χ4v) is 2.51. The predicted molar refractivity (Wildman–Crippen MR) is 85.7 cm³/mol. The number of benzene rings is 1. The number of nitrogens with zero attached hydrogens (tertiary/aromatic N) is 1. The maximum atomic E-state index is 12.9.